The number of anilines is 1. The van der Waals surface area contributed by atoms with Gasteiger partial charge in [-0.25, -0.2) is 0 Å². The van der Waals surface area contributed by atoms with Gasteiger partial charge in [-0.1, -0.05) is 26.3 Å². The van der Waals surface area contributed by atoms with Gasteiger partial charge in [-0.15, -0.1) is 12.4 Å². The van der Waals surface area contributed by atoms with Gasteiger partial charge < -0.3 is 20.0 Å². The molecule has 32 heavy (non-hydrogen) atoms. The first-order chi connectivity index (χ1) is 14.9. The highest BCUT2D eigenvalue weighted by Crippen LogP contribution is 2.36. The van der Waals surface area contributed by atoms with Crippen LogP contribution in [0, 0.1) is 5.92 Å². The number of nitrogens with zero attached hydrogens (tertiary/aromatic N) is 4. The van der Waals surface area contributed by atoms with Crippen LogP contribution in [0.1, 0.15) is 56.3 Å². The molecule has 3 aliphatic heterocycles. The average Bonchev–Trinajstić information content (AvgIpc) is 3.17. The Hall–Kier alpha value is -1.83. The number of carbonyl (C=O) groups excluding carboxylic acids is 1. The molecule has 1 aromatic heterocycles. The lowest BCUT2D eigenvalue weighted by molar-refractivity contribution is 0.00106. The second-order valence-electron chi connectivity index (χ2n) is 10.0. The Bertz CT molecular complexity index is 949. The Balaban J connectivity index is 0.00000245. The maximum Gasteiger partial charge on any atom is 0.298 e. The third-order valence-electron chi connectivity index (χ3n) is 7.97. The first-order valence-corrected chi connectivity index (χ1v) is 11.8. The Labute approximate surface area is 196 Å². The molecule has 7 nitrogen and oxygen atoms in total. The van der Waals surface area contributed by atoms with Crippen molar-refractivity contribution in [1.29, 1.82) is 0 Å². The van der Waals surface area contributed by atoms with Crippen molar-refractivity contribution in [3.8, 4) is 0 Å². The molecule has 176 valence electrons. The van der Waals surface area contributed by atoms with E-state index in [1.165, 1.54) is 32.1 Å². The average molecular weight is 462 g/mol. The summed E-state index contributed by atoms with van der Waals surface area (Å²) in [5.41, 5.74) is 7.16. The van der Waals surface area contributed by atoms with Crippen LogP contribution in [-0.2, 0) is 0 Å². The van der Waals surface area contributed by atoms with E-state index in [0.717, 1.165) is 31.7 Å². The summed E-state index contributed by atoms with van der Waals surface area (Å²) in [6.45, 7) is 7.51. The van der Waals surface area contributed by atoms with Crippen LogP contribution in [0.2, 0.25) is 0 Å². The molecule has 3 saturated heterocycles. The van der Waals surface area contributed by atoms with Crippen molar-refractivity contribution in [2.24, 2.45) is 11.7 Å². The van der Waals surface area contributed by atoms with Gasteiger partial charge in [0.2, 0.25) is 0 Å². The first-order valence-electron chi connectivity index (χ1n) is 11.8. The molecule has 8 heteroatoms. The van der Waals surface area contributed by atoms with Gasteiger partial charge >= 0.3 is 0 Å². The summed E-state index contributed by atoms with van der Waals surface area (Å²) in [6, 6.07) is 8.49. The highest BCUT2D eigenvalue weighted by molar-refractivity contribution is 6.03. The van der Waals surface area contributed by atoms with Gasteiger partial charge in [0.05, 0.1) is 5.56 Å². The minimum Gasteiger partial charge on any atom is -0.423 e. The van der Waals surface area contributed by atoms with E-state index in [-0.39, 0.29) is 12.4 Å². The molecular formula is C24H36ClN5O2. The predicted octanol–water partition coefficient (Wildman–Crippen LogP) is 3.51. The van der Waals surface area contributed by atoms with Crippen LogP contribution in [0.15, 0.2) is 22.6 Å². The molecular weight excluding hydrogens is 426 g/mol. The lowest BCUT2D eigenvalue weighted by Crippen LogP contribution is -2.62. The first kappa shape index (κ1) is 23.3. The molecule has 0 aliphatic carbocycles. The summed E-state index contributed by atoms with van der Waals surface area (Å²) < 4.78 is 6.12. The molecule has 5 rings (SSSR count). The van der Waals surface area contributed by atoms with Gasteiger partial charge in [-0.3, -0.25) is 9.69 Å². The van der Waals surface area contributed by atoms with E-state index in [9.17, 15) is 4.79 Å². The number of hydrogen-bond donors (Lipinski definition) is 1. The van der Waals surface area contributed by atoms with Crippen LogP contribution in [0.4, 0.5) is 6.01 Å². The number of primary amides is 1. The van der Waals surface area contributed by atoms with Crippen LogP contribution >= 0.6 is 12.4 Å². The minimum absolute atomic E-state index is 0. The van der Waals surface area contributed by atoms with Gasteiger partial charge in [-0.05, 0) is 50.8 Å². The monoisotopic (exact) mass is 461 g/mol. The zero-order valence-corrected chi connectivity index (χ0v) is 20.2. The molecule has 2 aromatic rings. The molecule has 2 N–H and O–H groups in total. The fourth-order valence-corrected chi connectivity index (χ4v) is 6.12. The van der Waals surface area contributed by atoms with E-state index in [1.54, 1.807) is 12.1 Å². The number of carbonyl (C=O) groups is 1. The summed E-state index contributed by atoms with van der Waals surface area (Å²) >= 11 is 0. The number of para-hydroxylation sites is 1. The summed E-state index contributed by atoms with van der Waals surface area (Å²) in [5.74, 6) is 0.00248. The summed E-state index contributed by atoms with van der Waals surface area (Å²) in [7, 11) is 2.33. The largest absolute Gasteiger partial charge is 0.423 e. The highest BCUT2D eigenvalue weighted by Gasteiger charge is 2.41. The minimum atomic E-state index is -0.469. The smallest absolute Gasteiger partial charge is 0.298 e. The van der Waals surface area contributed by atoms with E-state index in [1.807, 2.05) is 6.07 Å². The van der Waals surface area contributed by atoms with E-state index in [0.29, 0.717) is 40.7 Å². The molecule has 3 atom stereocenters. The predicted molar refractivity (Wildman–Crippen MR) is 130 cm³/mol. The molecule has 0 radical (unpaired) electrons. The zero-order chi connectivity index (χ0) is 21.7. The fourth-order valence-electron chi connectivity index (χ4n) is 6.12. The van der Waals surface area contributed by atoms with Crippen molar-refractivity contribution >= 4 is 35.4 Å². The highest BCUT2D eigenvalue weighted by atomic mass is 35.5. The Morgan fingerprint density at radius 1 is 1.16 bits per heavy atom. The molecule has 2 unspecified atom stereocenters. The number of piperidine rings is 2. The molecule has 1 amide bonds. The van der Waals surface area contributed by atoms with Crippen molar-refractivity contribution in [3.05, 3.63) is 23.8 Å². The van der Waals surface area contributed by atoms with Crippen molar-refractivity contribution < 1.29 is 9.21 Å². The van der Waals surface area contributed by atoms with E-state index < -0.39 is 5.91 Å². The Morgan fingerprint density at radius 2 is 1.88 bits per heavy atom. The zero-order valence-electron chi connectivity index (χ0n) is 19.4. The molecule has 3 fully saturated rings. The van der Waals surface area contributed by atoms with Crippen molar-refractivity contribution in [1.82, 2.24) is 14.8 Å². The SMILES string of the molecule is CC(C)[C@H]1CN(C2CC3CCCC(C2)N3C)CCN1c1nc2c(C(N)=O)cccc2o1.Cl. The molecule has 0 spiro atoms. The number of benzene rings is 1. The van der Waals surface area contributed by atoms with Gasteiger partial charge in [0.1, 0.15) is 5.52 Å². The summed E-state index contributed by atoms with van der Waals surface area (Å²) in [6.07, 6.45) is 6.68. The number of nitrogens with two attached hydrogens (primary N) is 1. The second-order valence-corrected chi connectivity index (χ2v) is 10.0. The number of piperazine rings is 1. The lowest BCUT2D eigenvalue weighted by Gasteiger charge is -2.52. The van der Waals surface area contributed by atoms with Gasteiger partial charge in [0.25, 0.3) is 11.9 Å². The molecule has 3 aliphatic rings. The van der Waals surface area contributed by atoms with Gasteiger partial charge in [-0.2, -0.15) is 4.98 Å². The Kier molecular flexibility index (Phi) is 6.71. The Morgan fingerprint density at radius 3 is 2.53 bits per heavy atom. The topological polar surface area (TPSA) is 78.8 Å². The molecule has 2 bridgehead atoms. The van der Waals surface area contributed by atoms with Crippen LogP contribution in [0.25, 0.3) is 11.1 Å². The van der Waals surface area contributed by atoms with Crippen LogP contribution in [0.5, 0.6) is 0 Å². The standard InChI is InChI=1S/C24H35N5O2.ClH/c1-15(2)20-14-28(18-12-16-6-4-7-17(13-18)27(16)3)10-11-29(20)24-26-22-19(23(25)30)8-5-9-21(22)31-24;/h5,8-9,15-18,20H,4,6-7,10-14H2,1-3H3,(H2,25,30);1H/t16?,17?,18?,20-;/m1./s1. The van der Waals surface area contributed by atoms with E-state index in [2.05, 4.69) is 35.6 Å². The third kappa shape index (κ3) is 4.11. The van der Waals surface area contributed by atoms with Crippen LogP contribution in [0.3, 0.4) is 0 Å². The third-order valence-corrected chi connectivity index (χ3v) is 7.97. The number of halogens is 1. The molecule has 1 aromatic carbocycles. The maximum atomic E-state index is 11.8. The second kappa shape index (κ2) is 9.20. The number of hydrogen-bond acceptors (Lipinski definition) is 6. The fraction of sp³-hybridized carbons (Fsp3) is 0.667. The normalized spacial score (nSPS) is 29.3. The number of fused-ring (bicyclic) bond motifs is 3. The van der Waals surface area contributed by atoms with Crippen molar-refractivity contribution in [2.45, 2.75) is 70.1 Å². The summed E-state index contributed by atoms with van der Waals surface area (Å²) in [4.78, 5) is 24.2. The maximum absolute atomic E-state index is 11.8. The number of aromatic nitrogens is 1. The molecule has 4 heterocycles. The van der Waals surface area contributed by atoms with Gasteiger partial charge in [0, 0.05) is 43.8 Å². The van der Waals surface area contributed by atoms with Crippen molar-refractivity contribution in [3.63, 3.8) is 0 Å². The number of rotatable bonds is 4. The van der Waals surface area contributed by atoms with E-state index >= 15 is 0 Å². The van der Waals surface area contributed by atoms with Crippen LogP contribution in [-0.4, -0.2) is 71.5 Å². The van der Waals surface area contributed by atoms with Crippen molar-refractivity contribution in [2.75, 3.05) is 31.6 Å². The lowest BCUT2D eigenvalue weighted by atomic mass is 9.81. The van der Waals surface area contributed by atoms with Gasteiger partial charge in [0.15, 0.2) is 5.58 Å². The van der Waals surface area contributed by atoms with E-state index in [4.69, 9.17) is 15.1 Å². The number of oxazole rings is 1. The quantitative estimate of drug-likeness (QED) is 0.750. The van der Waals surface area contributed by atoms with Crippen LogP contribution < -0.4 is 10.6 Å². The summed E-state index contributed by atoms with van der Waals surface area (Å²) in [5, 5.41) is 0. The number of amides is 1. The molecule has 0 saturated carbocycles.